The Hall–Kier alpha value is -1.46. The molecule has 1 aliphatic heterocycles. The largest absolute Gasteiger partial charge is 0.510 e. The van der Waals surface area contributed by atoms with Crippen LogP contribution < -0.4 is 0 Å². The Labute approximate surface area is 145 Å². The van der Waals surface area contributed by atoms with Gasteiger partial charge in [-0.25, -0.2) is 4.79 Å². The molecule has 7 heteroatoms. The quantitative estimate of drug-likeness (QED) is 0.761. The topological polar surface area (TPSA) is 55.8 Å². The predicted molar refractivity (Wildman–Crippen MR) is 87.6 cm³/mol. The molecule has 1 unspecified atom stereocenters. The van der Waals surface area contributed by atoms with Crippen LogP contribution in [0.15, 0.2) is 18.2 Å². The Morgan fingerprint density at radius 2 is 2.09 bits per heavy atom. The van der Waals surface area contributed by atoms with Crippen molar-refractivity contribution >= 4 is 35.3 Å². The summed E-state index contributed by atoms with van der Waals surface area (Å²) in [5.41, 5.74) is -0.297. The first-order valence-corrected chi connectivity index (χ1v) is 8.21. The number of carbonyl (C=O) groups is 2. The van der Waals surface area contributed by atoms with Gasteiger partial charge in [-0.3, -0.25) is 4.79 Å². The third kappa shape index (κ3) is 4.30. The van der Waals surface area contributed by atoms with Gasteiger partial charge in [-0.05, 0) is 38.0 Å². The van der Waals surface area contributed by atoms with Crippen LogP contribution in [0.1, 0.15) is 32.3 Å². The number of ether oxygens (including phenoxy) is 2. The molecule has 0 aliphatic carbocycles. The van der Waals surface area contributed by atoms with Gasteiger partial charge >= 0.3 is 6.16 Å². The summed E-state index contributed by atoms with van der Waals surface area (Å²) in [5.74, 6) is -0.154. The van der Waals surface area contributed by atoms with Crippen molar-refractivity contribution in [3.63, 3.8) is 0 Å². The zero-order valence-electron chi connectivity index (χ0n) is 13.1. The average Bonchev–Trinajstić information content (AvgIpc) is 2.83. The second-order valence-corrected chi connectivity index (χ2v) is 6.37. The molecule has 5 nitrogen and oxygen atoms in total. The minimum Gasteiger partial charge on any atom is -0.435 e. The number of carbonyl (C=O) groups excluding carboxylic acids is 2. The first kappa shape index (κ1) is 17.9. The lowest BCUT2D eigenvalue weighted by atomic mass is 10.1. The van der Waals surface area contributed by atoms with Gasteiger partial charge in [-0.15, -0.1) is 0 Å². The molecule has 1 fully saturated rings. The molecule has 1 aliphatic rings. The van der Waals surface area contributed by atoms with Crippen molar-refractivity contribution in [2.24, 2.45) is 0 Å². The zero-order chi connectivity index (χ0) is 17.0. The first-order chi connectivity index (χ1) is 10.9. The molecule has 0 bridgehead atoms. The van der Waals surface area contributed by atoms with Gasteiger partial charge < -0.3 is 14.4 Å². The fourth-order valence-corrected chi connectivity index (χ4v) is 3.16. The van der Waals surface area contributed by atoms with Gasteiger partial charge in [0, 0.05) is 23.0 Å². The summed E-state index contributed by atoms with van der Waals surface area (Å²) in [5, 5.41) is 0.959. The van der Waals surface area contributed by atoms with Gasteiger partial charge in [0.05, 0.1) is 13.0 Å². The Kier molecular flexibility index (Phi) is 5.76. The molecule has 2 rings (SSSR count). The van der Waals surface area contributed by atoms with Crippen molar-refractivity contribution in [1.82, 2.24) is 4.90 Å². The van der Waals surface area contributed by atoms with E-state index < -0.39 is 11.9 Å². The molecule has 0 aromatic heterocycles. The highest BCUT2D eigenvalue weighted by Gasteiger charge is 2.43. The summed E-state index contributed by atoms with van der Waals surface area (Å²) in [7, 11) is 0. The maximum atomic E-state index is 12.6. The Balaban J connectivity index is 2.09. The van der Waals surface area contributed by atoms with Crippen LogP contribution in [-0.4, -0.2) is 35.8 Å². The highest BCUT2D eigenvalue weighted by atomic mass is 35.5. The fraction of sp³-hybridized carbons (Fsp3) is 0.500. The number of halogens is 2. The van der Waals surface area contributed by atoms with E-state index in [-0.39, 0.29) is 18.9 Å². The van der Waals surface area contributed by atoms with E-state index in [0.717, 1.165) is 6.42 Å². The third-order valence-electron chi connectivity index (χ3n) is 3.82. The van der Waals surface area contributed by atoms with Gasteiger partial charge in [-0.1, -0.05) is 29.3 Å². The van der Waals surface area contributed by atoms with Crippen molar-refractivity contribution < 1.29 is 19.1 Å². The highest BCUT2D eigenvalue weighted by Crippen LogP contribution is 2.32. The molecule has 0 radical (unpaired) electrons. The number of likely N-dealkylation sites (tertiary alicyclic amines) is 1. The average molecular weight is 360 g/mol. The Bertz CT molecular complexity index is 608. The maximum Gasteiger partial charge on any atom is 0.510 e. The van der Waals surface area contributed by atoms with Crippen molar-refractivity contribution in [2.75, 3.05) is 13.2 Å². The molecule has 0 saturated carbocycles. The van der Waals surface area contributed by atoms with Gasteiger partial charge in [0.1, 0.15) is 0 Å². The van der Waals surface area contributed by atoms with E-state index in [9.17, 15) is 9.59 Å². The van der Waals surface area contributed by atoms with Crippen LogP contribution in [-0.2, 0) is 20.7 Å². The van der Waals surface area contributed by atoms with Gasteiger partial charge in [0.25, 0.3) is 0 Å². The SMILES string of the molecule is CCOC(=O)OC1(C)CCCN1C(=O)Cc1ccc(Cl)cc1Cl. The number of hydrogen-bond donors (Lipinski definition) is 0. The highest BCUT2D eigenvalue weighted by molar-refractivity contribution is 6.35. The lowest BCUT2D eigenvalue weighted by Crippen LogP contribution is -2.48. The predicted octanol–water partition coefficient (Wildman–Crippen LogP) is 4.05. The molecule has 126 valence electrons. The smallest absolute Gasteiger partial charge is 0.435 e. The van der Waals surface area contributed by atoms with Gasteiger partial charge in [0.15, 0.2) is 5.72 Å². The first-order valence-electron chi connectivity index (χ1n) is 7.46. The van der Waals surface area contributed by atoms with Crippen molar-refractivity contribution in [3.05, 3.63) is 33.8 Å². The van der Waals surface area contributed by atoms with E-state index in [1.807, 2.05) is 0 Å². The molecule has 1 aromatic carbocycles. The second kappa shape index (κ2) is 7.41. The molecule has 1 saturated heterocycles. The monoisotopic (exact) mass is 359 g/mol. The minimum atomic E-state index is -0.984. The van der Waals surface area contributed by atoms with Crippen LogP contribution in [0.25, 0.3) is 0 Å². The standard InChI is InChI=1S/C16H19Cl2NO4/c1-3-22-15(21)23-16(2)7-4-8-19(16)14(20)9-11-5-6-12(17)10-13(11)18/h5-6,10H,3-4,7-9H2,1-2H3. The molecular weight excluding hydrogens is 341 g/mol. The van der Waals surface area contributed by atoms with E-state index in [2.05, 4.69) is 0 Å². The van der Waals surface area contributed by atoms with Crippen molar-refractivity contribution in [2.45, 2.75) is 38.8 Å². The van der Waals surface area contributed by atoms with Gasteiger partial charge in [0.2, 0.25) is 5.91 Å². The molecule has 1 atom stereocenters. The summed E-state index contributed by atoms with van der Waals surface area (Å²) in [6.07, 6.45) is 0.693. The number of nitrogens with zero attached hydrogens (tertiary/aromatic N) is 1. The van der Waals surface area contributed by atoms with Crippen LogP contribution in [0.4, 0.5) is 4.79 Å². The van der Waals surface area contributed by atoms with Crippen LogP contribution in [0.3, 0.4) is 0 Å². The molecule has 1 heterocycles. The van der Waals surface area contributed by atoms with E-state index in [4.69, 9.17) is 32.7 Å². The molecule has 23 heavy (non-hydrogen) atoms. The zero-order valence-corrected chi connectivity index (χ0v) is 14.6. The van der Waals surface area contributed by atoms with Crippen LogP contribution in [0, 0.1) is 0 Å². The number of hydrogen-bond acceptors (Lipinski definition) is 4. The summed E-state index contributed by atoms with van der Waals surface area (Å²) >= 11 is 12.0. The fourth-order valence-electron chi connectivity index (χ4n) is 2.68. The number of amides is 1. The Morgan fingerprint density at radius 3 is 2.74 bits per heavy atom. The minimum absolute atomic E-state index is 0.123. The van der Waals surface area contributed by atoms with E-state index in [1.54, 1.807) is 36.9 Å². The second-order valence-electron chi connectivity index (χ2n) is 5.52. The lowest BCUT2D eigenvalue weighted by Gasteiger charge is -2.34. The maximum absolute atomic E-state index is 12.6. The number of rotatable bonds is 4. The van der Waals surface area contributed by atoms with Crippen molar-refractivity contribution in [3.8, 4) is 0 Å². The summed E-state index contributed by atoms with van der Waals surface area (Å²) in [4.78, 5) is 25.8. The van der Waals surface area contributed by atoms with Gasteiger partial charge in [-0.2, -0.15) is 0 Å². The normalized spacial score (nSPS) is 20.4. The number of benzene rings is 1. The summed E-state index contributed by atoms with van der Waals surface area (Å²) < 4.78 is 10.2. The third-order valence-corrected chi connectivity index (χ3v) is 4.40. The van der Waals surface area contributed by atoms with Crippen LogP contribution in [0.2, 0.25) is 10.0 Å². The summed E-state index contributed by atoms with van der Waals surface area (Å²) in [6.45, 7) is 4.17. The van der Waals surface area contributed by atoms with E-state index in [1.165, 1.54) is 0 Å². The molecule has 1 amide bonds. The van der Waals surface area contributed by atoms with E-state index >= 15 is 0 Å². The van der Waals surface area contributed by atoms with Crippen LogP contribution in [0.5, 0.6) is 0 Å². The molecule has 0 N–H and O–H groups in total. The summed E-state index contributed by atoms with van der Waals surface area (Å²) in [6, 6.07) is 5.01. The van der Waals surface area contributed by atoms with E-state index in [0.29, 0.717) is 28.6 Å². The Morgan fingerprint density at radius 1 is 1.35 bits per heavy atom. The molecular formula is C16H19Cl2NO4. The van der Waals surface area contributed by atoms with Crippen molar-refractivity contribution in [1.29, 1.82) is 0 Å². The molecule has 0 spiro atoms. The molecule has 1 aromatic rings. The lowest BCUT2D eigenvalue weighted by molar-refractivity contribution is -0.152. The van der Waals surface area contributed by atoms with Crippen LogP contribution >= 0.6 is 23.2 Å².